The smallest absolute Gasteiger partial charge is 0.416 e. The van der Waals surface area contributed by atoms with Gasteiger partial charge in [-0.2, -0.15) is 13.2 Å². The number of hydrogen-bond donors (Lipinski definition) is 1. The molecule has 4 rings (SSSR count). The molecule has 0 radical (unpaired) electrons. The summed E-state index contributed by atoms with van der Waals surface area (Å²) < 4.78 is 55.2. The second-order valence-corrected chi connectivity index (χ2v) is 8.55. The fraction of sp³-hybridized carbons (Fsp3) is 0.167. The molecule has 1 heterocycles. The van der Waals surface area contributed by atoms with E-state index in [2.05, 4.69) is 15.9 Å². The Balaban J connectivity index is 1.91. The van der Waals surface area contributed by atoms with Crippen LogP contribution in [0.5, 0.6) is 0 Å². The van der Waals surface area contributed by atoms with Crippen LogP contribution in [0.4, 0.5) is 17.6 Å². The molecule has 0 aromatic heterocycles. The van der Waals surface area contributed by atoms with Crippen LogP contribution in [-0.4, -0.2) is 21.9 Å². The van der Waals surface area contributed by atoms with Crippen molar-refractivity contribution in [3.63, 3.8) is 0 Å². The average molecular weight is 522 g/mol. The predicted octanol–water partition coefficient (Wildman–Crippen LogP) is 6.17. The van der Waals surface area contributed by atoms with Gasteiger partial charge in [0.15, 0.2) is 0 Å². The number of halogens is 5. The lowest BCUT2D eigenvalue weighted by Gasteiger charge is -2.41. The third-order valence-electron chi connectivity index (χ3n) is 5.63. The van der Waals surface area contributed by atoms with Crippen molar-refractivity contribution in [3.05, 3.63) is 105 Å². The standard InChI is InChI=1S/C24H16BrF4NO3/c25-15-8-5-13(6-9-15)21-20(23(32)33)17-3-1-2-4-18(17)22(31)30(21)12-14-7-10-16(26)11-19(14)24(27,28)29/h1-11,20-21H,12H2,(H,32,33). The molecule has 2 atom stereocenters. The number of carbonyl (C=O) groups is 2. The molecular weight excluding hydrogens is 506 g/mol. The van der Waals surface area contributed by atoms with Gasteiger partial charge in [0.2, 0.25) is 0 Å². The van der Waals surface area contributed by atoms with Crippen LogP contribution in [-0.2, 0) is 17.5 Å². The van der Waals surface area contributed by atoms with E-state index in [9.17, 15) is 32.3 Å². The maximum atomic E-state index is 13.6. The van der Waals surface area contributed by atoms with Crippen molar-refractivity contribution < 1.29 is 32.3 Å². The van der Waals surface area contributed by atoms with Crippen molar-refractivity contribution in [1.29, 1.82) is 0 Å². The lowest BCUT2D eigenvalue weighted by Crippen LogP contribution is -2.44. The van der Waals surface area contributed by atoms with Gasteiger partial charge in [-0.25, -0.2) is 4.39 Å². The first-order valence-electron chi connectivity index (χ1n) is 9.81. The zero-order valence-electron chi connectivity index (χ0n) is 16.8. The summed E-state index contributed by atoms with van der Waals surface area (Å²) in [4.78, 5) is 26.9. The van der Waals surface area contributed by atoms with Crippen LogP contribution >= 0.6 is 15.9 Å². The molecule has 9 heteroatoms. The lowest BCUT2D eigenvalue weighted by molar-refractivity contribution is -0.141. The minimum atomic E-state index is -4.85. The molecule has 170 valence electrons. The normalized spacial score (nSPS) is 18.2. The van der Waals surface area contributed by atoms with Crippen LogP contribution in [0.2, 0.25) is 0 Å². The Labute approximate surface area is 194 Å². The van der Waals surface area contributed by atoms with E-state index in [1.54, 1.807) is 36.4 Å². The van der Waals surface area contributed by atoms with Crippen LogP contribution < -0.4 is 0 Å². The third-order valence-corrected chi connectivity index (χ3v) is 6.16. The maximum Gasteiger partial charge on any atom is 0.416 e. The number of rotatable bonds is 4. The number of carboxylic acids is 1. The number of carboxylic acid groups (broad SMARTS) is 1. The third kappa shape index (κ3) is 4.37. The van der Waals surface area contributed by atoms with Crippen molar-refractivity contribution in [3.8, 4) is 0 Å². The van der Waals surface area contributed by atoms with Crippen molar-refractivity contribution >= 4 is 27.8 Å². The fourth-order valence-electron chi connectivity index (χ4n) is 4.20. The summed E-state index contributed by atoms with van der Waals surface area (Å²) in [6.07, 6.45) is -4.85. The van der Waals surface area contributed by atoms with E-state index in [0.29, 0.717) is 16.1 Å². The zero-order valence-corrected chi connectivity index (χ0v) is 18.4. The largest absolute Gasteiger partial charge is 0.481 e. The number of benzene rings is 3. The molecule has 33 heavy (non-hydrogen) atoms. The summed E-state index contributed by atoms with van der Waals surface area (Å²) in [5.74, 6) is -4.10. The van der Waals surface area contributed by atoms with Crippen LogP contribution in [0.25, 0.3) is 0 Å². The van der Waals surface area contributed by atoms with E-state index < -0.39 is 47.9 Å². The molecule has 0 saturated carbocycles. The van der Waals surface area contributed by atoms with Crippen molar-refractivity contribution in [2.24, 2.45) is 0 Å². The minimum Gasteiger partial charge on any atom is -0.481 e. The van der Waals surface area contributed by atoms with Crippen molar-refractivity contribution in [2.45, 2.75) is 24.7 Å². The Hall–Kier alpha value is -3.20. The highest BCUT2D eigenvalue weighted by Crippen LogP contribution is 2.44. The topological polar surface area (TPSA) is 57.6 Å². The summed E-state index contributed by atoms with van der Waals surface area (Å²) in [6.45, 7) is -0.549. The first-order chi connectivity index (χ1) is 15.6. The zero-order chi connectivity index (χ0) is 23.9. The van der Waals surface area contributed by atoms with Gasteiger partial charge in [-0.3, -0.25) is 9.59 Å². The van der Waals surface area contributed by atoms with E-state index in [1.165, 1.54) is 12.1 Å². The summed E-state index contributed by atoms with van der Waals surface area (Å²) in [5, 5.41) is 10.1. The molecule has 0 spiro atoms. The Morgan fingerprint density at radius 3 is 2.33 bits per heavy atom. The molecule has 0 bridgehead atoms. The molecule has 3 aromatic rings. The summed E-state index contributed by atoms with van der Waals surface area (Å²) in [7, 11) is 0. The number of hydrogen-bond acceptors (Lipinski definition) is 2. The average Bonchev–Trinajstić information content (AvgIpc) is 2.76. The molecule has 3 aromatic carbocycles. The Kier molecular flexibility index (Phi) is 6.00. The molecule has 1 aliphatic heterocycles. The SMILES string of the molecule is O=C(O)C1c2ccccc2C(=O)N(Cc2ccc(F)cc2C(F)(F)F)C1c1ccc(Br)cc1. The van der Waals surface area contributed by atoms with Gasteiger partial charge in [-0.15, -0.1) is 0 Å². The van der Waals surface area contributed by atoms with Crippen molar-refractivity contribution in [1.82, 2.24) is 4.90 Å². The van der Waals surface area contributed by atoms with Crippen LogP contribution in [0.3, 0.4) is 0 Å². The molecular formula is C24H16BrF4NO3. The molecule has 4 nitrogen and oxygen atoms in total. The number of fused-ring (bicyclic) bond motifs is 1. The first-order valence-corrected chi connectivity index (χ1v) is 10.6. The number of amides is 1. The van der Waals surface area contributed by atoms with Gasteiger partial charge in [0.05, 0.1) is 11.6 Å². The van der Waals surface area contributed by atoms with E-state index in [-0.39, 0.29) is 16.7 Å². The number of aliphatic carboxylic acids is 1. The van der Waals surface area contributed by atoms with Crippen LogP contribution in [0.1, 0.15) is 44.6 Å². The van der Waals surface area contributed by atoms with Gasteiger partial charge < -0.3 is 10.0 Å². The van der Waals surface area contributed by atoms with Crippen LogP contribution in [0, 0.1) is 5.82 Å². The van der Waals surface area contributed by atoms with E-state index in [0.717, 1.165) is 17.0 Å². The van der Waals surface area contributed by atoms with Gasteiger partial charge in [-0.05, 0) is 47.0 Å². The molecule has 0 saturated heterocycles. The highest BCUT2D eigenvalue weighted by atomic mass is 79.9. The Morgan fingerprint density at radius 2 is 1.70 bits per heavy atom. The van der Waals surface area contributed by atoms with Gasteiger partial charge >= 0.3 is 12.1 Å². The second kappa shape index (κ2) is 8.62. The van der Waals surface area contributed by atoms with Gasteiger partial charge in [-0.1, -0.05) is 52.3 Å². The first kappa shape index (κ1) is 23.0. The quantitative estimate of drug-likeness (QED) is 0.417. The number of alkyl halides is 3. The van der Waals surface area contributed by atoms with Gasteiger partial charge in [0.1, 0.15) is 11.7 Å². The number of carbonyl (C=O) groups excluding carboxylic acids is 1. The van der Waals surface area contributed by atoms with Crippen LogP contribution in [0.15, 0.2) is 71.2 Å². The van der Waals surface area contributed by atoms with E-state index >= 15 is 0 Å². The monoisotopic (exact) mass is 521 g/mol. The molecule has 0 fully saturated rings. The highest BCUT2D eigenvalue weighted by molar-refractivity contribution is 9.10. The molecule has 0 aliphatic carbocycles. The summed E-state index contributed by atoms with van der Waals surface area (Å²) >= 11 is 3.30. The summed E-state index contributed by atoms with van der Waals surface area (Å²) in [6, 6.07) is 13.9. The molecule has 1 N–H and O–H groups in total. The second-order valence-electron chi connectivity index (χ2n) is 7.63. The Bertz CT molecular complexity index is 1230. The molecule has 1 amide bonds. The fourth-order valence-corrected chi connectivity index (χ4v) is 4.46. The predicted molar refractivity (Wildman–Crippen MR) is 115 cm³/mol. The summed E-state index contributed by atoms with van der Waals surface area (Å²) in [5.41, 5.74) is -0.703. The highest BCUT2D eigenvalue weighted by Gasteiger charge is 2.45. The lowest BCUT2D eigenvalue weighted by atomic mass is 9.79. The number of nitrogens with zero attached hydrogens (tertiary/aromatic N) is 1. The van der Waals surface area contributed by atoms with Crippen molar-refractivity contribution in [2.75, 3.05) is 0 Å². The Morgan fingerprint density at radius 1 is 1.03 bits per heavy atom. The van der Waals surface area contributed by atoms with E-state index in [1.807, 2.05) is 0 Å². The van der Waals surface area contributed by atoms with Gasteiger partial charge in [0.25, 0.3) is 5.91 Å². The minimum absolute atomic E-state index is 0.105. The molecule has 1 aliphatic rings. The van der Waals surface area contributed by atoms with E-state index in [4.69, 9.17) is 0 Å². The molecule has 2 unspecified atom stereocenters. The maximum absolute atomic E-state index is 13.6. The van der Waals surface area contributed by atoms with Gasteiger partial charge in [0, 0.05) is 16.6 Å².